The second-order valence-corrected chi connectivity index (χ2v) is 5.87. The van der Waals surface area contributed by atoms with Gasteiger partial charge >= 0.3 is 5.97 Å². The lowest BCUT2D eigenvalue weighted by atomic mass is 9.80. The van der Waals surface area contributed by atoms with E-state index in [1.807, 2.05) is 31.2 Å². The van der Waals surface area contributed by atoms with Crippen LogP contribution in [0.4, 0.5) is 0 Å². The molecule has 0 aromatic heterocycles. The molecule has 0 N–H and O–H groups in total. The molecule has 116 valence electrons. The van der Waals surface area contributed by atoms with Crippen LogP contribution in [-0.4, -0.2) is 12.6 Å². The molecule has 0 bridgehead atoms. The molecule has 0 saturated heterocycles. The number of fused-ring (bicyclic) bond motifs is 1. The van der Waals surface area contributed by atoms with Crippen molar-refractivity contribution in [3.63, 3.8) is 0 Å². The number of rotatable bonds is 3. The minimum atomic E-state index is -0.350. The highest BCUT2D eigenvalue weighted by Gasteiger charge is 2.36. The van der Waals surface area contributed by atoms with Gasteiger partial charge in [-0.3, -0.25) is 4.79 Å². The Labute approximate surface area is 140 Å². The maximum Gasteiger partial charge on any atom is 0.319 e. The third kappa shape index (κ3) is 3.04. The molecule has 0 fully saturated rings. The van der Waals surface area contributed by atoms with E-state index in [4.69, 9.17) is 27.5 Å². The summed E-state index contributed by atoms with van der Waals surface area (Å²) >= 11 is 5.92. The van der Waals surface area contributed by atoms with Gasteiger partial charge in [0.25, 0.3) is 0 Å². The van der Waals surface area contributed by atoms with Crippen molar-refractivity contribution in [2.75, 3.05) is 6.61 Å². The van der Waals surface area contributed by atoms with E-state index in [1.165, 1.54) is 0 Å². The summed E-state index contributed by atoms with van der Waals surface area (Å²) in [6.45, 7) is 2.19. The Morgan fingerprint density at radius 3 is 2.70 bits per heavy atom. The monoisotopic (exact) mass is 326 g/mol. The molecule has 2 aromatic carbocycles. The SMILES string of the molecule is C#CCOc1ccc2c(c1)OC(=O)C(c1ccc(Cl)cc1)C2C. The van der Waals surface area contributed by atoms with E-state index in [2.05, 4.69) is 5.92 Å². The Morgan fingerprint density at radius 2 is 2.00 bits per heavy atom. The van der Waals surface area contributed by atoms with Crippen molar-refractivity contribution in [3.05, 3.63) is 58.6 Å². The maximum absolute atomic E-state index is 12.4. The van der Waals surface area contributed by atoms with Gasteiger partial charge in [-0.2, -0.15) is 0 Å². The quantitative estimate of drug-likeness (QED) is 0.482. The fourth-order valence-electron chi connectivity index (χ4n) is 2.84. The van der Waals surface area contributed by atoms with Crippen LogP contribution in [0.3, 0.4) is 0 Å². The van der Waals surface area contributed by atoms with Crippen LogP contribution < -0.4 is 9.47 Å². The highest BCUT2D eigenvalue weighted by molar-refractivity contribution is 6.30. The number of hydrogen-bond acceptors (Lipinski definition) is 3. The molecule has 0 amide bonds. The summed E-state index contributed by atoms with van der Waals surface area (Å²) in [5.41, 5.74) is 1.86. The topological polar surface area (TPSA) is 35.5 Å². The van der Waals surface area contributed by atoms with Gasteiger partial charge in [-0.1, -0.05) is 42.6 Å². The van der Waals surface area contributed by atoms with E-state index in [1.54, 1.807) is 18.2 Å². The van der Waals surface area contributed by atoms with Gasteiger partial charge in [-0.15, -0.1) is 6.42 Å². The lowest BCUT2D eigenvalue weighted by Crippen LogP contribution is -2.28. The number of hydrogen-bond donors (Lipinski definition) is 0. The van der Waals surface area contributed by atoms with E-state index in [0.29, 0.717) is 16.5 Å². The normalized spacial score (nSPS) is 19.4. The van der Waals surface area contributed by atoms with Crippen LogP contribution in [0.1, 0.15) is 29.9 Å². The van der Waals surface area contributed by atoms with Crippen LogP contribution in [0, 0.1) is 12.3 Å². The minimum absolute atomic E-state index is 0.00545. The zero-order valence-electron chi connectivity index (χ0n) is 12.6. The van der Waals surface area contributed by atoms with Crippen molar-refractivity contribution in [2.24, 2.45) is 0 Å². The molecule has 3 nitrogen and oxygen atoms in total. The molecule has 2 unspecified atom stereocenters. The van der Waals surface area contributed by atoms with Crippen molar-refractivity contribution in [1.29, 1.82) is 0 Å². The molecule has 1 aliphatic heterocycles. The number of carbonyl (C=O) groups excluding carboxylic acids is 1. The van der Waals surface area contributed by atoms with Gasteiger partial charge < -0.3 is 9.47 Å². The van der Waals surface area contributed by atoms with E-state index >= 15 is 0 Å². The summed E-state index contributed by atoms with van der Waals surface area (Å²) in [5.74, 6) is 2.89. The number of halogens is 1. The van der Waals surface area contributed by atoms with Crippen LogP contribution >= 0.6 is 11.6 Å². The van der Waals surface area contributed by atoms with Crippen molar-refractivity contribution in [2.45, 2.75) is 18.8 Å². The summed E-state index contributed by atoms with van der Waals surface area (Å²) in [5, 5.41) is 0.640. The predicted molar refractivity (Wildman–Crippen MR) is 89.0 cm³/mol. The molecule has 4 heteroatoms. The number of carbonyl (C=O) groups is 1. The van der Waals surface area contributed by atoms with Gasteiger partial charge in [-0.25, -0.2) is 0 Å². The van der Waals surface area contributed by atoms with E-state index in [-0.39, 0.29) is 24.4 Å². The van der Waals surface area contributed by atoms with Crippen molar-refractivity contribution in [1.82, 2.24) is 0 Å². The first-order valence-electron chi connectivity index (χ1n) is 7.27. The molecular formula is C19H15ClO3. The molecule has 1 heterocycles. The lowest BCUT2D eigenvalue weighted by molar-refractivity contribution is -0.137. The average molecular weight is 327 g/mol. The van der Waals surface area contributed by atoms with E-state index in [0.717, 1.165) is 11.1 Å². The van der Waals surface area contributed by atoms with Gasteiger partial charge in [0.1, 0.15) is 18.1 Å². The molecule has 0 spiro atoms. The lowest BCUT2D eigenvalue weighted by Gasteiger charge is -2.30. The summed E-state index contributed by atoms with van der Waals surface area (Å²) < 4.78 is 10.9. The summed E-state index contributed by atoms with van der Waals surface area (Å²) in [6.07, 6.45) is 5.18. The average Bonchev–Trinajstić information content (AvgIpc) is 2.54. The smallest absolute Gasteiger partial charge is 0.319 e. The molecule has 0 radical (unpaired) electrons. The van der Waals surface area contributed by atoms with Gasteiger partial charge in [-0.05, 0) is 29.3 Å². The molecule has 3 rings (SSSR count). The second kappa shape index (κ2) is 6.36. The third-order valence-electron chi connectivity index (χ3n) is 3.99. The van der Waals surface area contributed by atoms with Gasteiger partial charge in [0, 0.05) is 17.0 Å². The minimum Gasteiger partial charge on any atom is -0.481 e. The molecule has 2 aromatic rings. The summed E-state index contributed by atoms with van der Waals surface area (Å²) in [4.78, 5) is 12.4. The first-order chi connectivity index (χ1) is 11.1. The number of terminal acetylenes is 1. The number of ether oxygens (including phenoxy) is 2. The number of benzene rings is 2. The summed E-state index contributed by atoms with van der Waals surface area (Å²) in [6, 6.07) is 12.7. The third-order valence-corrected chi connectivity index (χ3v) is 4.24. The first kappa shape index (κ1) is 15.5. The molecule has 0 saturated carbocycles. The summed E-state index contributed by atoms with van der Waals surface area (Å²) in [7, 11) is 0. The fraction of sp³-hybridized carbons (Fsp3) is 0.211. The molecule has 2 atom stereocenters. The molecule has 1 aliphatic rings. The maximum atomic E-state index is 12.4. The molecule has 23 heavy (non-hydrogen) atoms. The highest BCUT2D eigenvalue weighted by Crippen LogP contribution is 2.43. The van der Waals surface area contributed by atoms with Crippen molar-refractivity contribution >= 4 is 17.6 Å². The van der Waals surface area contributed by atoms with Crippen LogP contribution in [0.2, 0.25) is 5.02 Å². The first-order valence-corrected chi connectivity index (χ1v) is 7.65. The van der Waals surface area contributed by atoms with Crippen molar-refractivity contribution < 1.29 is 14.3 Å². The largest absolute Gasteiger partial charge is 0.481 e. The number of esters is 1. The Bertz CT molecular complexity index is 774. The zero-order chi connectivity index (χ0) is 16.4. The van der Waals surface area contributed by atoms with Crippen LogP contribution in [-0.2, 0) is 4.79 Å². The molecule has 0 aliphatic carbocycles. The highest BCUT2D eigenvalue weighted by atomic mass is 35.5. The Hall–Kier alpha value is -2.44. The van der Waals surface area contributed by atoms with Gasteiger partial charge in [0.2, 0.25) is 0 Å². The van der Waals surface area contributed by atoms with E-state index < -0.39 is 0 Å². The van der Waals surface area contributed by atoms with Gasteiger partial charge in [0.05, 0.1) is 5.92 Å². The fourth-order valence-corrected chi connectivity index (χ4v) is 2.97. The standard InChI is InChI=1S/C19H15ClO3/c1-3-10-22-15-8-9-16-12(2)18(19(21)23-17(16)11-15)13-4-6-14(20)7-5-13/h1,4-9,11-12,18H,10H2,2H3. The van der Waals surface area contributed by atoms with Crippen LogP contribution in [0.5, 0.6) is 11.5 Å². The van der Waals surface area contributed by atoms with Crippen molar-refractivity contribution in [3.8, 4) is 23.8 Å². The van der Waals surface area contributed by atoms with Gasteiger partial charge in [0.15, 0.2) is 0 Å². The Morgan fingerprint density at radius 1 is 1.26 bits per heavy atom. The predicted octanol–water partition coefficient (Wildman–Crippen LogP) is 4.16. The zero-order valence-corrected chi connectivity index (χ0v) is 13.3. The second-order valence-electron chi connectivity index (χ2n) is 5.43. The van der Waals surface area contributed by atoms with Crippen LogP contribution in [0.25, 0.3) is 0 Å². The molecular weight excluding hydrogens is 312 g/mol. The Balaban J connectivity index is 1.93. The Kier molecular flexibility index (Phi) is 4.27. The van der Waals surface area contributed by atoms with Crippen LogP contribution in [0.15, 0.2) is 42.5 Å². The van der Waals surface area contributed by atoms with E-state index in [9.17, 15) is 4.79 Å².